The third kappa shape index (κ3) is 4.30. The number of rotatable bonds is 7. The Bertz CT molecular complexity index is 803. The molecule has 26 heavy (non-hydrogen) atoms. The molecule has 3 rings (SSSR count). The number of aliphatic imine (C=N–C) groups is 1. The molecule has 1 aliphatic carbocycles. The molecule has 1 saturated carbocycles. The van der Waals surface area contributed by atoms with E-state index in [2.05, 4.69) is 44.4 Å². The molecular weight excluding hydrogens is 394 g/mol. The van der Waals surface area contributed by atoms with Crippen molar-refractivity contribution < 1.29 is 9.47 Å². The zero-order chi connectivity index (χ0) is 18.6. The highest BCUT2D eigenvalue weighted by molar-refractivity contribution is 9.10. The van der Waals surface area contributed by atoms with Gasteiger partial charge in [-0.1, -0.05) is 34.1 Å². The van der Waals surface area contributed by atoms with E-state index in [1.54, 1.807) is 14.2 Å². The predicted octanol–water partition coefficient (Wildman–Crippen LogP) is 3.60. The molecule has 2 aromatic carbocycles. The summed E-state index contributed by atoms with van der Waals surface area (Å²) in [5.74, 6) is 1.86. The van der Waals surface area contributed by atoms with E-state index in [1.165, 1.54) is 18.4 Å². The number of hydrogen-bond donors (Lipinski definition) is 2. The van der Waals surface area contributed by atoms with Crippen LogP contribution in [0.15, 0.2) is 51.9 Å². The zero-order valence-electron chi connectivity index (χ0n) is 15.1. The molecule has 0 aliphatic heterocycles. The standard InChI is InChI=1S/C20H24BrN3O2/c1-25-17-7-6-14(10-18(17)26-2)12-23-19(22)24-13-20(8-9-20)15-4-3-5-16(21)11-15/h3-7,10-11H,8-9,12-13H2,1-2H3,(H3,22,23,24). The van der Waals surface area contributed by atoms with Gasteiger partial charge in [-0.3, -0.25) is 0 Å². The lowest BCUT2D eigenvalue weighted by Gasteiger charge is -2.17. The second-order valence-corrected chi connectivity index (χ2v) is 7.45. The molecule has 0 radical (unpaired) electrons. The maximum Gasteiger partial charge on any atom is 0.188 e. The fourth-order valence-corrected chi connectivity index (χ4v) is 3.41. The lowest BCUT2D eigenvalue weighted by atomic mass is 9.96. The lowest BCUT2D eigenvalue weighted by Crippen LogP contribution is -2.37. The molecule has 0 atom stereocenters. The van der Waals surface area contributed by atoms with Gasteiger partial charge in [-0.15, -0.1) is 0 Å². The highest BCUT2D eigenvalue weighted by Gasteiger charge is 2.44. The molecule has 138 valence electrons. The Balaban J connectivity index is 1.59. The minimum atomic E-state index is 0.174. The quantitative estimate of drug-likeness (QED) is 0.533. The Kier molecular flexibility index (Phi) is 5.71. The highest BCUT2D eigenvalue weighted by Crippen LogP contribution is 2.48. The molecule has 0 spiro atoms. The Labute approximate surface area is 162 Å². The van der Waals surface area contributed by atoms with E-state index in [0.717, 1.165) is 16.6 Å². The van der Waals surface area contributed by atoms with Gasteiger partial charge in [-0.05, 0) is 48.2 Å². The summed E-state index contributed by atoms with van der Waals surface area (Å²) in [5, 5.41) is 3.28. The highest BCUT2D eigenvalue weighted by atomic mass is 79.9. The second kappa shape index (κ2) is 7.99. The monoisotopic (exact) mass is 417 g/mol. The molecule has 1 fully saturated rings. The number of ether oxygens (including phenoxy) is 2. The van der Waals surface area contributed by atoms with E-state index in [-0.39, 0.29) is 5.41 Å². The summed E-state index contributed by atoms with van der Waals surface area (Å²) in [4.78, 5) is 4.45. The molecule has 6 heteroatoms. The fraction of sp³-hybridized carbons (Fsp3) is 0.350. The Hall–Kier alpha value is -2.21. The van der Waals surface area contributed by atoms with E-state index >= 15 is 0 Å². The van der Waals surface area contributed by atoms with Crippen LogP contribution in [0.2, 0.25) is 0 Å². The Morgan fingerprint density at radius 3 is 2.58 bits per heavy atom. The Morgan fingerprint density at radius 1 is 1.15 bits per heavy atom. The van der Waals surface area contributed by atoms with Crippen LogP contribution in [0.5, 0.6) is 11.5 Å². The minimum absolute atomic E-state index is 0.174. The number of nitrogens with zero attached hydrogens (tertiary/aromatic N) is 1. The summed E-state index contributed by atoms with van der Waals surface area (Å²) in [6.45, 7) is 1.29. The van der Waals surface area contributed by atoms with Gasteiger partial charge in [0.2, 0.25) is 0 Å². The van der Waals surface area contributed by atoms with Gasteiger partial charge >= 0.3 is 0 Å². The summed E-state index contributed by atoms with van der Waals surface area (Å²) >= 11 is 3.55. The molecule has 0 unspecified atom stereocenters. The number of halogens is 1. The molecule has 3 N–H and O–H groups in total. The average Bonchev–Trinajstić information content (AvgIpc) is 3.45. The molecule has 5 nitrogen and oxygen atoms in total. The van der Waals surface area contributed by atoms with Crippen molar-refractivity contribution in [3.05, 3.63) is 58.1 Å². The van der Waals surface area contributed by atoms with Crippen LogP contribution >= 0.6 is 15.9 Å². The molecule has 0 aromatic heterocycles. The van der Waals surface area contributed by atoms with Crippen molar-refractivity contribution in [1.82, 2.24) is 5.32 Å². The second-order valence-electron chi connectivity index (χ2n) is 6.54. The molecule has 0 saturated heterocycles. The topological polar surface area (TPSA) is 68.9 Å². The van der Waals surface area contributed by atoms with Crippen LogP contribution in [0.25, 0.3) is 0 Å². The number of nitrogens with one attached hydrogen (secondary N) is 1. The largest absolute Gasteiger partial charge is 0.493 e. The molecule has 0 amide bonds. The maximum atomic E-state index is 6.06. The first-order valence-corrected chi connectivity index (χ1v) is 9.36. The van der Waals surface area contributed by atoms with Crippen molar-refractivity contribution in [3.63, 3.8) is 0 Å². The first-order valence-electron chi connectivity index (χ1n) is 8.57. The van der Waals surface area contributed by atoms with E-state index in [0.29, 0.717) is 24.0 Å². The predicted molar refractivity (Wildman–Crippen MR) is 108 cm³/mol. The number of hydrogen-bond acceptors (Lipinski definition) is 3. The van der Waals surface area contributed by atoms with Crippen LogP contribution in [0.1, 0.15) is 24.0 Å². The number of nitrogens with two attached hydrogens (primary N) is 1. The van der Waals surface area contributed by atoms with E-state index < -0.39 is 0 Å². The number of methoxy groups -OCH3 is 2. The number of benzene rings is 2. The van der Waals surface area contributed by atoms with Crippen LogP contribution in [0, 0.1) is 0 Å². The van der Waals surface area contributed by atoms with Crippen LogP contribution in [-0.2, 0) is 12.0 Å². The first kappa shape index (κ1) is 18.6. The van der Waals surface area contributed by atoms with Crippen LogP contribution in [-0.4, -0.2) is 26.7 Å². The van der Waals surface area contributed by atoms with Gasteiger partial charge in [-0.2, -0.15) is 0 Å². The van der Waals surface area contributed by atoms with E-state index in [1.807, 2.05) is 24.3 Å². The smallest absolute Gasteiger partial charge is 0.188 e. The lowest BCUT2D eigenvalue weighted by molar-refractivity contribution is 0.354. The van der Waals surface area contributed by atoms with Crippen molar-refractivity contribution in [2.45, 2.75) is 24.8 Å². The van der Waals surface area contributed by atoms with Crippen molar-refractivity contribution in [2.24, 2.45) is 10.7 Å². The fourth-order valence-electron chi connectivity index (χ4n) is 3.01. The normalized spacial score (nSPS) is 15.4. The van der Waals surface area contributed by atoms with Gasteiger partial charge in [-0.25, -0.2) is 4.99 Å². The van der Waals surface area contributed by atoms with Gasteiger partial charge in [0.1, 0.15) is 0 Å². The van der Waals surface area contributed by atoms with E-state index in [4.69, 9.17) is 15.2 Å². The first-order chi connectivity index (χ1) is 12.6. The molecular formula is C20H24BrN3O2. The average molecular weight is 418 g/mol. The maximum absolute atomic E-state index is 6.06. The van der Waals surface area contributed by atoms with Crippen LogP contribution < -0.4 is 20.5 Å². The number of guanidine groups is 1. The van der Waals surface area contributed by atoms with Gasteiger partial charge < -0.3 is 20.5 Å². The summed E-state index contributed by atoms with van der Waals surface area (Å²) in [5.41, 5.74) is 8.59. The van der Waals surface area contributed by atoms with Crippen LogP contribution in [0.3, 0.4) is 0 Å². The molecule has 0 heterocycles. The molecule has 2 aromatic rings. The SMILES string of the molecule is COc1ccc(CN=C(N)NCC2(c3cccc(Br)c3)CC2)cc1OC. The van der Waals surface area contributed by atoms with Crippen molar-refractivity contribution in [2.75, 3.05) is 20.8 Å². The molecule has 0 bridgehead atoms. The van der Waals surface area contributed by atoms with Gasteiger partial charge in [0.15, 0.2) is 17.5 Å². The van der Waals surface area contributed by atoms with Crippen molar-refractivity contribution >= 4 is 21.9 Å². The van der Waals surface area contributed by atoms with Gasteiger partial charge in [0, 0.05) is 16.4 Å². The molecule has 1 aliphatic rings. The Morgan fingerprint density at radius 2 is 1.92 bits per heavy atom. The van der Waals surface area contributed by atoms with Crippen molar-refractivity contribution in [3.8, 4) is 11.5 Å². The van der Waals surface area contributed by atoms with Gasteiger partial charge in [0.25, 0.3) is 0 Å². The summed E-state index contributed by atoms with van der Waals surface area (Å²) < 4.78 is 11.7. The third-order valence-corrected chi connectivity index (χ3v) is 5.27. The zero-order valence-corrected chi connectivity index (χ0v) is 16.7. The van der Waals surface area contributed by atoms with Crippen molar-refractivity contribution in [1.29, 1.82) is 0 Å². The summed E-state index contributed by atoms with van der Waals surface area (Å²) in [6, 6.07) is 14.2. The van der Waals surface area contributed by atoms with E-state index in [9.17, 15) is 0 Å². The van der Waals surface area contributed by atoms with Gasteiger partial charge in [0.05, 0.1) is 20.8 Å². The third-order valence-electron chi connectivity index (χ3n) is 4.78. The summed E-state index contributed by atoms with van der Waals surface area (Å²) in [6.07, 6.45) is 2.33. The minimum Gasteiger partial charge on any atom is -0.493 e. The van der Waals surface area contributed by atoms with Crippen LogP contribution in [0.4, 0.5) is 0 Å². The summed E-state index contributed by atoms with van der Waals surface area (Å²) in [7, 11) is 3.24.